The summed E-state index contributed by atoms with van der Waals surface area (Å²) < 4.78 is 6.97. The quantitative estimate of drug-likeness (QED) is 0.443. The summed E-state index contributed by atoms with van der Waals surface area (Å²) in [4.78, 5) is 31.7. The van der Waals surface area contributed by atoms with Gasteiger partial charge in [-0.05, 0) is 48.6 Å². The van der Waals surface area contributed by atoms with Crippen LogP contribution in [0.4, 0.5) is 5.69 Å². The fourth-order valence-corrected chi connectivity index (χ4v) is 4.84. The number of fused-ring (bicyclic) bond motifs is 1. The number of rotatable bonds is 7. The number of hydrogen-bond donors (Lipinski definition) is 1. The molecule has 0 saturated carbocycles. The lowest BCUT2D eigenvalue weighted by molar-refractivity contribution is -0.116. The van der Waals surface area contributed by atoms with E-state index < -0.39 is 0 Å². The average Bonchev–Trinajstić information content (AvgIpc) is 3.40. The summed E-state index contributed by atoms with van der Waals surface area (Å²) >= 11 is 3.01. The van der Waals surface area contributed by atoms with Crippen LogP contribution < -0.4 is 15.6 Å². The second kappa shape index (κ2) is 8.81. The molecule has 1 N–H and O–H groups in total. The van der Waals surface area contributed by atoms with E-state index in [0.717, 1.165) is 28.2 Å². The van der Waals surface area contributed by atoms with Crippen LogP contribution in [0.2, 0.25) is 0 Å². The number of aryl methyl sites for hydroxylation is 1. The highest BCUT2D eigenvalue weighted by atomic mass is 32.1. The van der Waals surface area contributed by atoms with Crippen molar-refractivity contribution >= 4 is 44.5 Å². The summed E-state index contributed by atoms with van der Waals surface area (Å²) in [5.74, 6) is 0.494. The second-order valence-electron chi connectivity index (χ2n) is 6.86. The molecule has 0 radical (unpaired) electrons. The third-order valence-electron chi connectivity index (χ3n) is 4.61. The standard InChI is InChI=1S/C22H21N3O3S2/c1-3-8-28-15-6-7-17(14(2)10-15)24-19(26)11-25-13-23-21-20(22(25)27)16(12-30-21)18-5-4-9-29-18/h4-7,9-10,12-13H,3,8,11H2,1-2H3,(H,24,26). The number of aromatic nitrogens is 2. The zero-order valence-corrected chi connectivity index (χ0v) is 18.3. The van der Waals surface area contributed by atoms with Crippen molar-refractivity contribution < 1.29 is 9.53 Å². The van der Waals surface area contributed by atoms with Crippen molar-refractivity contribution in [3.8, 4) is 16.2 Å². The highest BCUT2D eigenvalue weighted by Gasteiger charge is 2.15. The first kappa shape index (κ1) is 20.3. The van der Waals surface area contributed by atoms with Crippen LogP contribution in [0.5, 0.6) is 5.75 Å². The molecule has 1 aromatic carbocycles. The van der Waals surface area contributed by atoms with Gasteiger partial charge in [-0.3, -0.25) is 14.2 Å². The van der Waals surface area contributed by atoms with E-state index in [1.807, 2.05) is 48.0 Å². The maximum absolute atomic E-state index is 13.0. The summed E-state index contributed by atoms with van der Waals surface area (Å²) in [7, 11) is 0. The number of carbonyl (C=O) groups excluding carboxylic acids is 1. The highest BCUT2D eigenvalue weighted by Crippen LogP contribution is 2.33. The molecule has 3 aromatic heterocycles. The summed E-state index contributed by atoms with van der Waals surface area (Å²) in [6.45, 7) is 4.51. The lowest BCUT2D eigenvalue weighted by Crippen LogP contribution is -2.28. The number of nitrogens with one attached hydrogen (secondary N) is 1. The lowest BCUT2D eigenvalue weighted by atomic mass is 10.2. The van der Waals surface area contributed by atoms with E-state index in [1.165, 1.54) is 22.2 Å². The average molecular weight is 440 g/mol. The Balaban J connectivity index is 1.54. The normalized spacial score (nSPS) is 11.0. The van der Waals surface area contributed by atoms with Crippen LogP contribution in [0.15, 0.2) is 52.2 Å². The summed E-state index contributed by atoms with van der Waals surface area (Å²) in [6.07, 6.45) is 2.37. The highest BCUT2D eigenvalue weighted by molar-refractivity contribution is 7.18. The maximum Gasteiger partial charge on any atom is 0.263 e. The molecule has 4 rings (SSSR count). The molecule has 0 saturated heterocycles. The third-order valence-corrected chi connectivity index (χ3v) is 6.40. The van der Waals surface area contributed by atoms with Crippen molar-refractivity contribution in [2.24, 2.45) is 0 Å². The first-order chi connectivity index (χ1) is 14.6. The SMILES string of the molecule is CCCOc1ccc(NC(=O)Cn2cnc3scc(-c4cccs4)c3c2=O)c(C)c1. The van der Waals surface area contributed by atoms with Crippen LogP contribution in [0.3, 0.4) is 0 Å². The number of nitrogens with zero attached hydrogens (tertiary/aromatic N) is 2. The van der Waals surface area contributed by atoms with Gasteiger partial charge in [-0.1, -0.05) is 13.0 Å². The Morgan fingerprint density at radius 3 is 2.87 bits per heavy atom. The van der Waals surface area contributed by atoms with Crippen LogP contribution >= 0.6 is 22.7 Å². The topological polar surface area (TPSA) is 73.2 Å². The molecule has 8 heteroatoms. The van der Waals surface area contributed by atoms with Gasteiger partial charge in [-0.2, -0.15) is 0 Å². The van der Waals surface area contributed by atoms with Gasteiger partial charge in [0.15, 0.2) is 0 Å². The molecule has 6 nitrogen and oxygen atoms in total. The Kier molecular flexibility index (Phi) is 5.96. The van der Waals surface area contributed by atoms with Crippen molar-refractivity contribution in [2.75, 3.05) is 11.9 Å². The van der Waals surface area contributed by atoms with E-state index in [9.17, 15) is 9.59 Å². The molecule has 0 atom stereocenters. The van der Waals surface area contributed by atoms with Crippen molar-refractivity contribution in [1.29, 1.82) is 0 Å². The summed E-state index contributed by atoms with van der Waals surface area (Å²) in [5.41, 5.74) is 2.26. The molecule has 4 aromatic rings. The van der Waals surface area contributed by atoms with E-state index >= 15 is 0 Å². The molecule has 30 heavy (non-hydrogen) atoms. The number of ether oxygens (including phenoxy) is 1. The number of carbonyl (C=O) groups is 1. The van der Waals surface area contributed by atoms with Crippen LogP contribution in [0.1, 0.15) is 18.9 Å². The number of thiophene rings is 2. The molecule has 0 bridgehead atoms. The van der Waals surface area contributed by atoms with E-state index in [0.29, 0.717) is 22.5 Å². The van der Waals surface area contributed by atoms with E-state index in [1.54, 1.807) is 11.3 Å². The fourth-order valence-electron chi connectivity index (χ4n) is 3.12. The van der Waals surface area contributed by atoms with Crippen molar-refractivity contribution in [2.45, 2.75) is 26.8 Å². The van der Waals surface area contributed by atoms with Gasteiger partial charge in [0.05, 0.1) is 18.3 Å². The fraction of sp³-hybridized carbons (Fsp3) is 0.227. The van der Waals surface area contributed by atoms with E-state index in [4.69, 9.17) is 4.74 Å². The van der Waals surface area contributed by atoms with Gasteiger partial charge in [-0.25, -0.2) is 4.98 Å². The molecule has 3 heterocycles. The first-order valence-electron chi connectivity index (χ1n) is 9.60. The minimum absolute atomic E-state index is 0.102. The molecule has 0 spiro atoms. The van der Waals surface area contributed by atoms with Gasteiger partial charge in [0.2, 0.25) is 5.91 Å². The Morgan fingerprint density at radius 1 is 1.27 bits per heavy atom. The van der Waals surface area contributed by atoms with Gasteiger partial charge in [0.1, 0.15) is 17.1 Å². The minimum Gasteiger partial charge on any atom is -0.494 e. The number of anilines is 1. The number of hydrogen-bond acceptors (Lipinski definition) is 6. The largest absolute Gasteiger partial charge is 0.494 e. The van der Waals surface area contributed by atoms with Gasteiger partial charge in [0.25, 0.3) is 5.56 Å². The molecule has 0 aliphatic carbocycles. The van der Waals surface area contributed by atoms with Gasteiger partial charge in [0, 0.05) is 21.5 Å². The lowest BCUT2D eigenvalue weighted by Gasteiger charge is -2.12. The van der Waals surface area contributed by atoms with Crippen molar-refractivity contribution in [1.82, 2.24) is 9.55 Å². The van der Waals surface area contributed by atoms with Crippen molar-refractivity contribution in [3.63, 3.8) is 0 Å². The zero-order valence-electron chi connectivity index (χ0n) is 16.7. The van der Waals surface area contributed by atoms with Crippen molar-refractivity contribution in [3.05, 3.63) is 63.3 Å². The summed E-state index contributed by atoms with van der Waals surface area (Å²) in [6, 6.07) is 9.47. The number of benzene rings is 1. The third kappa shape index (κ3) is 4.15. The van der Waals surface area contributed by atoms with Crippen LogP contribution in [0, 0.1) is 6.92 Å². The predicted molar refractivity (Wildman–Crippen MR) is 123 cm³/mol. The van der Waals surface area contributed by atoms with Gasteiger partial charge >= 0.3 is 0 Å². The maximum atomic E-state index is 13.0. The smallest absolute Gasteiger partial charge is 0.263 e. The van der Waals surface area contributed by atoms with E-state index in [2.05, 4.69) is 17.2 Å². The molecule has 0 fully saturated rings. The molecule has 1 amide bonds. The van der Waals surface area contributed by atoms with Gasteiger partial charge < -0.3 is 10.1 Å². The van der Waals surface area contributed by atoms with Crippen LogP contribution in [0.25, 0.3) is 20.7 Å². The zero-order chi connectivity index (χ0) is 21.1. The van der Waals surface area contributed by atoms with E-state index in [-0.39, 0.29) is 18.0 Å². The molecular formula is C22H21N3O3S2. The monoisotopic (exact) mass is 439 g/mol. The van der Waals surface area contributed by atoms with Crippen LogP contribution in [-0.4, -0.2) is 22.1 Å². The second-order valence-corrected chi connectivity index (χ2v) is 8.66. The summed E-state index contributed by atoms with van der Waals surface area (Å²) in [5, 5.41) is 7.36. The molecular weight excluding hydrogens is 418 g/mol. The van der Waals surface area contributed by atoms with Crippen LogP contribution in [-0.2, 0) is 11.3 Å². The number of amides is 1. The Bertz CT molecular complexity index is 1240. The Morgan fingerprint density at radius 2 is 2.13 bits per heavy atom. The molecule has 0 unspecified atom stereocenters. The Labute approximate surface area is 181 Å². The Hall–Kier alpha value is -2.97. The molecule has 0 aliphatic rings. The van der Waals surface area contributed by atoms with Gasteiger partial charge in [-0.15, -0.1) is 22.7 Å². The minimum atomic E-state index is -0.281. The predicted octanol–water partition coefficient (Wildman–Crippen LogP) is 4.92. The molecule has 154 valence electrons. The first-order valence-corrected chi connectivity index (χ1v) is 11.4. The molecule has 0 aliphatic heterocycles.